The number of nitrogens with one attached hydrogen (secondary N) is 1. The van der Waals surface area contributed by atoms with Gasteiger partial charge in [0.15, 0.2) is 0 Å². The standard InChI is InChI=1S/C18H17N3O3/c1-23-15-9-7-13(8-10-15)11-16(22)19-12-17-20-21-18(24-17)14-5-3-2-4-6-14/h2-10H,11-12H2,1H3,(H,19,22). The number of nitrogens with zero attached hydrogens (tertiary/aromatic N) is 2. The molecule has 0 atom stereocenters. The van der Waals surface area contributed by atoms with Crippen LogP contribution in [0.25, 0.3) is 11.5 Å². The molecule has 1 N–H and O–H groups in total. The highest BCUT2D eigenvalue weighted by molar-refractivity contribution is 5.78. The van der Waals surface area contributed by atoms with Crippen LogP contribution in [0, 0.1) is 0 Å². The fourth-order valence-electron chi connectivity index (χ4n) is 2.19. The number of rotatable bonds is 6. The lowest BCUT2D eigenvalue weighted by Crippen LogP contribution is -2.24. The second kappa shape index (κ2) is 7.41. The molecule has 24 heavy (non-hydrogen) atoms. The number of hydrogen-bond acceptors (Lipinski definition) is 5. The van der Waals surface area contributed by atoms with Crippen LogP contribution in [0.15, 0.2) is 59.0 Å². The van der Waals surface area contributed by atoms with Gasteiger partial charge in [0.05, 0.1) is 20.1 Å². The van der Waals surface area contributed by atoms with Gasteiger partial charge in [-0.05, 0) is 29.8 Å². The van der Waals surface area contributed by atoms with Crippen molar-refractivity contribution in [1.29, 1.82) is 0 Å². The van der Waals surface area contributed by atoms with Crippen LogP contribution in [0.3, 0.4) is 0 Å². The smallest absolute Gasteiger partial charge is 0.247 e. The predicted octanol–water partition coefficient (Wildman–Crippen LogP) is 2.60. The maximum absolute atomic E-state index is 12.0. The lowest BCUT2D eigenvalue weighted by atomic mass is 10.1. The molecule has 122 valence electrons. The maximum atomic E-state index is 12.0. The first-order valence-electron chi connectivity index (χ1n) is 7.52. The second-order valence-electron chi connectivity index (χ2n) is 5.17. The number of benzene rings is 2. The van der Waals surface area contributed by atoms with Gasteiger partial charge in [-0.1, -0.05) is 30.3 Å². The van der Waals surface area contributed by atoms with Gasteiger partial charge in [-0.2, -0.15) is 0 Å². The molecule has 0 aliphatic rings. The topological polar surface area (TPSA) is 77.2 Å². The number of ether oxygens (including phenoxy) is 1. The first kappa shape index (κ1) is 15.7. The average molecular weight is 323 g/mol. The minimum atomic E-state index is -0.111. The predicted molar refractivity (Wildman–Crippen MR) is 88.3 cm³/mol. The molecule has 0 saturated heterocycles. The van der Waals surface area contributed by atoms with Crippen LogP contribution >= 0.6 is 0 Å². The zero-order valence-electron chi connectivity index (χ0n) is 13.2. The van der Waals surface area contributed by atoms with E-state index in [1.54, 1.807) is 7.11 Å². The highest BCUT2D eigenvalue weighted by atomic mass is 16.5. The molecule has 0 radical (unpaired) electrons. The van der Waals surface area contributed by atoms with Crippen molar-refractivity contribution in [3.05, 3.63) is 66.1 Å². The van der Waals surface area contributed by atoms with Gasteiger partial charge < -0.3 is 14.5 Å². The van der Waals surface area contributed by atoms with Crippen LogP contribution in [-0.2, 0) is 17.8 Å². The largest absolute Gasteiger partial charge is 0.497 e. The van der Waals surface area contributed by atoms with Crippen molar-refractivity contribution >= 4 is 5.91 Å². The van der Waals surface area contributed by atoms with Gasteiger partial charge in [-0.25, -0.2) is 0 Å². The minimum Gasteiger partial charge on any atom is -0.497 e. The van der Waals surface area contributed by atoms with Crippen LogP contribution in [-0.4, -0.2) is 23.2 Å². The van der Waals surface area contributed by atoms with E-state index in [0.717, 1.165) is 16.9 Å². The zero-order valence-corrected chi connectivity index (χ0v) is 13.2. The molecule has 0 spiro atoms. The molecular weight excluding hydrogens is 306 g/mol. The van der Waals surface area contributed by atoms with Gasteiger partial charge in [0, 0.05) is 5.56 Å². The van der Waals surface area contributed by atoms with Crippen molar-refractivity contribution in [2.75, 3.05) is 7.11 Å². The summed E-state index contributed by atoms with van der Waals surface area (Å²) in [4.78, 5) is 12.0. The molecule has 0 fully saturated rings. The molecule has 2 aromatic carbocycles. The molecule has 6 nitrogen and oxygen atoms in total. The summed E-state index contributed by atoms with van der Waals surface area (Å²) in [6, 6.07) is 16.9. The summed E-state index contributed by atoms with van der Waals surface area (Å²) in [6.45, 7) is 0.203. The molecular formula is C18H17N3O3. The van der Waals surface area contributed by atoms with Crippen molar-refractivity contribution < 1.29 is 13.9 Å². The van der Waals surface area contributed by atoms with E-state index in [1.165, 1.54) is 0 Å². The van der Waals surface area contributed by atoms with Crippen molar-refractivity contribution in [1.82, 2.24) is 15.5 Å². The minimum absolute atomic E-state index is 0.111. The molecule has 3 aromatic rings. The number of aromatic nitrogens is 2. The highest BCUT2D eigenvalue weighted by Gasteiger charge is 2.10. The Balaban J connectivity index is 1.53. The van der Waals surface area contributed by atoms with Gasteiger partial charge in [0.2, 0.25) is 17.7 Å². The van der Waals surface area contributed by atoms with E-state index in [-0.39, 0.29) is 18.9 Å². The summed E-state index contributed by atoms with van der Waals surface area (Å²) in [6.07, 6.45) is 0.281. The van der Waals surface area contributed by atoms with Crippen molar-refractivity contribution in [3.63, 3.8) is 0 Å². The van der Waals surface area contributed by atoms with E-state index in [0.29, 0.717) is 11.8 Å². The lowest BCUT2D eigenvalue weighted by Gasteiger charge is -2.04. The van der Waals surface area contributed by atoms with Gasteiger partial charge in [0.25, 0.3) is 0 Å². The maximum Gasteiger partial charge on any atom is 0.247 e. The van der Waals surface area contributed by atoms with E-state index < -0.39 is 0 Å². The number of amides is 1. The Bertz CT molecular complexity index is 798. The van der Waals surface area contributed by atoms with Crippen LogP contribution < -0.4 is 10.1 Å². The third kappa shape index (κ3) is 3.98. The Morgan fingerprint density at radius 3 is 2.54 bits per heavy atom. The number of hydrogen-bond donors (Lipinski definition) is 1. The summed E-state index contributed by atoms with van der Waals surface area (Å²) in [7, 11) is 1.61. The van der Waals surface area contributed by atoms with Crippen LogP contribution in [0.5, 0.6) is 5.75 Å². The fraction of sp³-hybridized carbons (Fsp3) is 0.167. The summed E-state index contributed by atoms with van der Waals surface area (Å²) in [5, 5.41) is 10.7. The van der Waals surface area contributed by atoms with Gasteiger partial charge in [0.1, 0.15) is 5.75 Å². The molecule has 1 aromatic heterocycles. The monoisotopic (exact) mass is 323 g/mol. The molecule has 0 saturated carbocycles. The zero-order chi connectivity index (χ0) is 16.8. The van der Waals surface area contributed by atoms with E-state index in [2.05, 4.69) is 15.5 Å². The van der Waals surface area contributed by atoms with Crippen LogP contribution in [0.2, 0.25) is 0 Å². The molecule has 0 aliphatic carbocycles. The first-order valence-corrected chi connectivity index (χ1v) is 7.52. The van der Waals surface area contributed by atoms with E-state index in [4.69, 9.17) is 9.15 Å². The average Bonchev–Trinajstić information content (AvgIpc) is 3.10. The van der Waals surface area contributed by atoms with E-state index in [9.17, 15) is 4.79 Å². The van der Waals surface area contributed by atoms with Crippen LogP contribution in [0.4, 0.5) is 0 Å². The molecule has 1 heterocycles. The lowest BCUT2D eigenvalue weighted by molar-refractivity contribution is -0.120. The number of carbonyl (C=O) groups is 1. The van der Waals surface area contributed by atoms with E-state index >= 15 is 0 Å². The van der Waals surface area contributed by atoms with Crippen molar-refractivity contribution in [3.8, 4) is 17.2 Å². The second-order valence-corrected chi connectivity index (χ2v) is 5.17. The molecule has 6 heteroatoms. The SMILES string of the molecule is COc1ccc(CC(=O)NCc2nnc(-c3ccccc3)o2)cc1. The molecule has 1 amide bonds. The molecule has 0 bridgehead atoms. The number of methoxy groups -OCH3 is 1. The Labute approximate surface area is 139 Å². The molecule has 0 aliphatic heterocycles. The number of carbonyl (C=O) groups excluding carboxylic acids is 1. The highest BCUT2D eigenvalue weighted by Crippen LogP contribution is 2.16. The Hall–Kier alpha value is -3.15. The fourth-order valence-corrected chi connectivity index (χ4v) is 2.19. The summed E-state index contributed by atoms with van der Waals surface area (Å²) < 4.78 is 10.6. The Morgan fingerprint density at radius 2 is 1.83 bits per heavy atom. The van der Waals surface area contributed by atoms with Gasteiger partial charge in [-0.3, -0.25) is 4.79 Å². The van der Waals surface area contributed by atoms with Gasteiger partial charge in [-0.15, -0.1) is 10.2 Å². The van der Waals surface area contributed by atoms with Crippen LogP contribution in [0.1, 0.15) is 11.5 Å². The molecule has 3 rings (SSSR count). The summed E-state index contributed by atoms with van der Waals surface area (Å²) >= 11 is 0. The normalized spacial score (nSPS) is 10.4. The van der Waals surface area contributed by atoms with Crippen molar-refractivity contribution in [2.45, 2.75) is 13.0 Å². The van der Waals surface area contributed by atoms with Gasteiger partial charge >= 0.3 is 0 Å². The summed E-state index contributed by atoms with van der Waals surface area (Å²) in [5.74, 6) is 1.46. The third-order valence-corrected chi connectivity index (χ3v) is 3.45. The van der Waals surface area contributed by atoms with Crippen molar-refractivity contribution in [2.24, 2.45) is 0 Å². The quantitative estimate of drug-likeness (QED) is 0.754. The first-order chi connectivity index (χ1) is 11.7. The Kier molecular flexibility index (Phi) is 4.86. The molecule has 0 unspecified atom stereocenters. The third-order valence-electron chi connectivity index (χ3n) is 3.45. The Morgan fingerprint density at radius 1 is 1.08 bits per heavy atom. The van der Waals surface area contributed by atoms with E-state index in [1.807, 2.05) is 54.6 Å². The summed E-state index contributed by atoms with van der Waals surface area (Å²) in [5.41, 5.74) is 1.75.